The van der Waals surface area contributed by atoms with Gasteiger partial charge in [-0.3, -0.25) is 0 Å². The largest absolute Gasteiger partial charge is 0.463 e. The molecule has 0 aromatic carbocycles. The Bertz CT molecular complexity index is 406. The van der Waals surface area contributed by atoms with Crippen molar-refractivity contribution in [3.05, 3.63) is 0 Å². The van der Waals surface area contributed by atoms with E-state index in [0.717, 1.165) is 6.42 Å². The number of nitrogens with one attached hydrogen (secondary N) is 1. The van der Waals surface area contributed by atoms with Crippen LogP contribution in [0.2, 0.25) is 0 Å². The predicted molar refractivity (Wildman–Crippen MR) is 74.7 cm³/mol. The average Bonchev–Trinajstić information content (AvgIpc) is 2.33. The van der Waals surface area contributed by atoms with Gasteiger partial charge in [0.25, 0.3) is 0 Å². The highest BCUT2D eigenvalue weighted by Gasteiger charge is 2.19. The number of likely N-dealkylation sites (N-methyl/N-ethyl adjacent to an activating group) is 1. The van der Waals surface area contributed by atoms with E-state index in [1.165, 1.54) is 0 Å². The molecule has 0 bridgehead atoms. The van der Waals surface area contributed by atoms with Crippen molar-refractivity contribution in [2.45, 2.75) is 32.8 Å². The number of aromatic nitrogens is 3. The number of anilines is 2. The summed E-state index contributed by atoms with van der Waals surface area (Å²) < 4.78 is 5.43. The van der Waals surface area contributed by atoms with Crippen molar-refractivity contribution < 1.29 is 9.84 Å². The van der Waals surface area contributed by atoms with Crippen LogP contribution in [0.25, 0.3) is 0 Å². The lowest BCUT2D eigenvalue weighted by Crippen LogP contribution is -2.37. The van der Waals surface area contributed by atoms with Gasteiger partial charge in [0.15, 0.2) is 0 Å². The second kappa shape index (κ2) is 6.51. The number of ether oxygens (including phenoxy) is 1. The quantitative estimate of drug-likeness (QED) is 0.761. The van der Waals surface area contributed by atoms with Gasteiger partial charge in [0, 0.05) is 20.6 Å². The second-order valence-electron chi connectivity index (χ2n) is 5.01. The smallest absolute Gasteiger partial charge is 0.323 e. The number of hydrogen-bond donors (Lipinski definition) is 2. The van der Waals surface area contributed by atoms with E-state index in [4.69, 9.17) is 4.74 Å². The van der Waals surface area contributed by atoms with E-state index in [1.807, 2.05) is 14.0 Å². The normalized spacial score (nSPS) is 11.3. The summed E-state index contributed by atoms with van der Waals surface area (Å²) in [7, 11) is 3.55. The molecule has 108 valence electrons. The summed E-state index contributed by atoms with van der Waals surface area (Å²) in [6, 6.07) is 0.291. The van der Waals surface area contributed by atoms with Gasteiger partial charge in [-0.1, -0.05) is 6.92 Å². The van der Waals surface area contributed by atoms with Crippen LogP contribution in [-0.2, 0) is 0 Å². The first kappa shape index (κ1) is 15.4. The number of nitrogens with zero attached hydrogens (tertiary/aromatic N) is 4. The Hall–Kier alpha value is -1.63. The summed E-state index contributed by atoms with van der Waals surface area (Å²) >= 11 is 0. The molecule has 0 atom stereocenters. The summed E-state index contributed by atoms with van der Waals surface area (Å²) in [6.45, 7) is 6.45. The van der Waals surface area contributed by atoms with Crippen LogP contribution in [0.15, 0.2) is 0 Å². The summed E-state index contributed by atoms with van der Waals surface area (Å²) in [5.41, 5.74) is -0.828. The minimum absolute atomic E-state index is 0.291. The highest BCUT2D eigenvalue weighted by atomic mass is 16.5. The molecule has 0 aliphatic heterocycles. The maximum atomic E-state index is 9.83. The Morgan fingerprint density at radius 3 is 2.53 bits per heavy atom. The molecule has 1 heterocycles. The summed E-state index contributed by atoms with van der Waals surface area (Å²) in [4.78, 5) is 14.4. The third-order valence-corrected chi connectivity index (χ3v) is 2.23. The third kappa shape index (κ3) is 5.25. The molecule has 0 saturated carbocycles. The molecule has 0 amide bonds. The average molecular weight is 269 g/mol. The van der Waals surface area contributed by atoms with Crippen molar-refractivity contribution in [2.24, 2.45) is 0 Å². The van der Waals surface area contributed by atoms with E-state index >= 15 is 0 Å². The van der Waals surface area contributed by atoms with Gasteiger partial charge >= 0.3 is 6.01 Å². The Labute approximate surface area is 114 Å². The van der Waals surface area contributed by atoms with E-state index in [0.29, 0.717) is 31.1 Å². The molecule has 0 radical (unpaired) electrons. The van der Waals surface area contributed by atoms with E-state index in [9.17, 15) is 5.11 Å². The lowest BCUT2D eigenvalue weighted by Gasteiger charge is -2.25. The molecule has 19 heavy (non-hydrogen) atoms. The molecular weight excluding hydrogens is 246 g/mol. The van der Waals surface area contributed by atoms with E-state index in [-0.39, 0.29) is 0 Å². The predicted octanol–water partition coefficient (Wildman–Crippen LogP) is 0.909. The van der Waals surface area contributed by atoms with E-state index in [1.54, 1.807) is 25.8 Å². The van der Waals surface area contributed by atoms with Gasteiger partial charge in [-0.25, -0.2) is 0 Å². The van der Waals surface area contributed by atoms with Crippen LogP contribution in [0, 0.1) is 0 Å². The summed E-state index contributed by atoms with van der Waals surface area (Å²) in [5, 5.41) is 12.7. The molecule has 2 N–H and O–H groups in total. The molecule has 0 spiro atoms. The summed E-state index contributed by atoms with van der Waals surface area (Å²) in [5.74, 6) is 0.909. The fourth-order valence-electron chi connectivity index (χ4n) is 1.54. The van der Waals surface area contributed by atoms with Crippen LogP contribution in [0.5, 0.6) is 6.01 Å². The minimum atomic E-state index is -0.828. The molecule has 1 aromatic heterocycles. The fourth-order valence-corrected chi connectivity index (χ4v) is 1.54. The fraction of sp³-hybridized carbons (Fsp3) is 0.750. The number of hydrogen-bond acceptors (Lipinski definition) is 7. The molecule has 7 nitrogen and oxygen atoms in total. The van der Waals surface area contributed by atoms with Crippen molar-refractivity contribution in [1.29, 1.82) is 0 Å². The van der Waals surface area contributed by atoms with Crippen LogP contribution in [0.4, 0.5) is 11.9 Å². The molecule has 1 rings (SSSR count). The van der Waals surface area contributed by atoms with Gasteiger partial charge in [0.05, 0.1) is 12.2 Å². The van der Waals surface area contributed by atoms with Crippen molar-refractivity contribution in [1.82, 2.24) is 15.0 Å². The zero-order valence-electron chi connectivity index (χ0n) is 12.3. The van der Waals surface area contributed by atoms with E-state index in [2.05, 4.69) is 20.3 Å². The third-order valence-electron chi connectivity index (χ3n) is 2.23. The SMILES string of the molecule is CCCOc1nc(NC)nc(N(C)CC(C)(C)O)n1. The zero-order valence-corrected chi connectivity index (χ0v) is 12.3. The maximum Gasteiger partial charge on any atom is 0.323 e. The first-order chi connectivity index (χ1) is 8.85. The Morgan fingerprint density at radius 1 is 1.32 bits per heavy atom. The molecule has 1 aromatic rings. The van der Waals surface area contributed by atoms with Gasteiger partial charge in [0.2, 0.25) is 11.9 Å². The maximum absolute atomic E-state index is 9.83. The van der Waals surface area contributed by atoms with Crippen LogP contribution in [-0.4, -0.2) is 52.9 Å². The van der Waals surface area contributed by atoms with Crippen molar-refractivity contribution in [3.8, 4) is 6.01 Å². The van der Waals surface area contributed by atoms with E-state index < -0.39 is 5.60 Å². The first-order valence-corrected chi connectivity index (χ1v) is 6.36. The molecule has 0 unspecified atom stereocenters. The lowest BCUT2D eigenvalue weighted by atomic mass is 10.1. The Kier molecular flexibility index (Phi) is 5.29. The van der Waals surface area contributed by atoms with Gasteiger partial charge < -0.3 is 20.1 Å². The van der Waals surface area contributed by atoms with Crippen LogP contribution >= 0.6 is 0 Å². The lowest BCUT2D eigenvalue weighted by molar-refractivity contribution is 0.0882. The Morgan fingerprint density at radius 2 is 2.00 bits per heavy atom. The van der Waals surface area contributed by atoms with Gasteiger partial charge in [-0.15, -0.1) is 0 Å². The second-order valence-corrected chi connectivity index (χ2v) is 5.01. The van der Waals surface area contributed by atoms with Gasteiger partial charge in [0.1, 0.15) is 0 Å². The van der Waals surface area contributed by atoms with Crippen LogP contribution < -0.4 is 15.0 Å². The standard InChI is InChI=1S/C12H23N5O2/c1-6-7-19-11-15-9(13-4)14-10(16-11)17(5)8-12(2,3)18/h18H,6-8H2,1-5H3,(H,13,14,15,16). The topological polar surface area (TPSA) is 83.4 Å². The summed E-state index contributed by atoms with van der Waals surface area (Å²) in [6.07, 6.45) is 0.884. The Balaban J connectivity index is 2.92. The molecular formula is C12H23N5O2. The highest BCUT2D eigenvalue weighted by molar-refractivity contribution is 5.37. The number of rotatable bonds is 7. The first-order valence-electron chi connectivity index (χ1n) is 6.36. The van der Waals surface area contributed by atoms with Gasteiger partial charge in [-0.2, -0.15) is 15.0 Å². The van der Waals surface area contributed by atoms with Gasteiger partial charge in [-0.05, 0) is 20.3 Å². The monoisotopic (exact) mass is 269 g/mol. The van der Waals surface area contributed by atoms with Crippen molar-refractivity contribution >= 4 is 11.9 Å². The molecule has 0 aliphatic carbocycles. The zero-order chi connectivity index (χ0) is 14.5. The molecule has 0 saturated heterocycles. The van der Waals surface area contributed by atoms with Crippen LogP contribution in [0.3, 0.4) is 0 Å². The molecule has 7 heteroatoms. The van der Waals surface area contributed by atoms with Crippen molar-refractivity contribution in [3.63, 3.8) is 0 Å². The van der Waals surface area contributed by atoms with Crippen molar-refractivity contribution in [2.75, 3.05) is 37.5 Å². The number of aliphatic hydroxyl groups is 1. The molecule has 0 fully saturated rings. The minimum Gasteiger partial charge on any atom is -0.463 e. The highest BCUT2D eigenvalue weighted by Crippen LogP contribution is 2.16. The van der Waals surface area contributed by atoms with Crippen LogP contribution in [0.1, 0.15) is 27.2 Å². The molecule has 0 aliphatic rings.